The third-order valence-electron chi connectivity index (χ3n) is 3.99. The van der Waals surface area contributed by atoms with Crippen LogP contribution in [0.25, 0.3) is 0 Å². The number of pyridine rings is 1. The molecule has 1 aliphatic rings. The first-order chi connectivity index (χ1) is 11.3. The Morgan fingerprint density at radius 1 is 1.26 bits per heavy atom. The maximum absolute atomic E-state index is 5.42. The summed E-state index contributed by atoms with van der Waals surface area (Å²) in [5.74, 6) is 2.37. The van der Waals surface area contributed by atoms with Crippen LogP contribution in [0.1, 0.15) is 24.5 Å². The third-order valence-corrected chi connectivity index (χ3v) is 3.99. The van der Waals surface area contributed by atoms with Gasteiger partial charge in [0.15, 0.2) is 11.5 Å². The number of ether oxygens (including phenoxy) is 3. The standard InChI is InChI=1S/C18H22N2O3/c1-13(20-11-15-4-3-9-19-18(15)21-2)5-6-14-7-8-16-17(10-14)23-12-22-16/h3-4,7-10,13,20H,5-6,11-12H2,1-2H3. The van der Waals surface area contributed by atoms with Crippen LogP contribution in [-0.2, 0) is 13.0 Å². The molecule has 0 radical (unpaired) electrons. The van der Waals surface area contributed by atoms with Gasteiger partial charge >= 0.3 is 0 Å². The number of aryl methyl sites for hydroxylation is 1. The Morgan fingerprint density at radius 2 is 2.13 bits per heavy atom. The minimum atomic E-state index is 0.323. The van der Waals surface area contributed by atoms with Gasteiger partial charge in [-0.15, -0.1) is 0 Å². The molecule has 1 aromatic heterocycles. The Hall–Kier alpha value is -2.27. The van der Waals surface area contributed by atoms with E-state index in [9.17, 15) is 0 Å². The van der Waals surface area contributed by atoms with Crippen molar-refractivity contribution in [3.05, 3.63) is 47.7 Å². The zero-order chi connectivity index (χ0) is 16.1. The Kier molecular flexibility index (Phi) is 4.98. The van der Waals surface area contributed by atoms with Gasteiger partial charge in [0.1, 0.15) is 0 Å². The average molecular weight is 314 g/mol. The molecule has 5 heteroatoms. The normalized spacial score (nSPS) is 13.8. The average Bonchev–Trinajstić information content (AvgIpc) is 3.06. The van der Waals surface area contributed by atoms with Crippen LogP contribution in [0, 0.1) is 0 Å². The Morgan fingerprint density at radius 3 is 3.00 bits per heavy atom. The maximum Gasteiger partial charge on any atom is 0.231 e. The van der Waals surface area contributed by atoms with Gasteiger partial charge in [-0.2, -0.15) is 0 Å². The molecule has 5 nitrogen and oxygen atoms in total. The monoisotopic (exact) mass is 314 g/mol. The predicted octanol–water partition coefficient (Wildman–Crippen LogP) is 2.93. The zero-order valence-corrected chi connectivity index (χ0v) is 13.5. The van der Waals surface area contributed by atoms with Gasteiger partial charge in [0, 0.05) is 24.3 Å². The van der Waals surface area contributed by atoms with E-state index in [0.717, 1.165) is 36.4 Å². The lowest BCUT2D eigenvalue weighted by molar-refractivity contribution is 0.174. The molecular weight excluding hydrogens is 292 g/mol. The number of hydrogen-bond donors (Lipinski definition) is 1. The maximum atomic E-state index is 5.42. The molecule has 1 N–H and O–H groups in total. The Balaban J connectivity index is 1.49. The summed E-state index contributed by atoms with van der Waals surface area (Å²) in [6, 6.07) is 10.5. The number of nitrogens with one attached hydrogen (secondary N) is 1. The number of nitrogens with zero attached hydrogens (tertiary/aromatic N) is 1. The van der Waals surface area contributed by atoms with Gasteiger partial charge in [-0.3, -0.25) is 0 Å². The fraction of sp³-hybridized carbons (Fsp3) is 0.389. The SMILES string of the molecule is COc1ncccc1CNC(C)CCc1ccc2c(c1)OCO2. The second-order valence-electron chi connectivity index (χ2n) is 5.68. The first kappa shape index (κ1) is 15.6. The zero-order valence-electron chi connectivity index (χ0n) is 13.5. The molecule has 0 aliphatic carbocycles. The lowest BCUT2D eigenvalue weighted by Crippen LogP contribution is -2.26. The van der Waals surface area contributed by atoms with Crippen molar-refractivity contribution in [2.45, 2.75) is 32.4 Å². The van der Waals surface area contributed by atoms with Crippen molar-refractivity contribution in [3.63, 3.8) is 0 Å². The van der Waals surface area contributed by atoms with E-state index in [0.29, 0.717) is 18.7 Å². The van der Waals surface area contributed by atoms with E-state index in [1.165, 1.54) is 5.56 Å². The summed E-state index contributed by atoms with van der Waals surface area (Å²) in [4.78, 5) is 4.21. The van der Waals surface area contributed by atoms with E-state index in [1.54, 1.807) is 13.3 Å². The fourth-order valence-corrected chi connectivity index (χ4v) is 2.61. The highest BCUT2D eigenvalue weighted by molar-refractivity contribution is 5.44. The second kappa shape index (κ2) is 7.33. The highest BCUT2D eigenvalue weighted by Gasteiger charge is 2.13. The van der Waals surface area contributed by atoms with Crippen LogP contribution in [-0.4, -0.2) is 24.9 Å². The van der Waals surface area contributed by atoms with Gasteiger partial charge in [-0.25, -0.2) is 4.98 Å². The summed E-state index contributed by atoms with van der Waals surface area (Å²) in [6.07, 6.45) is 3.78. The van der Waals surface area contributed by atoms with Crippen LogP contribution >= 0.6 is 0 Å². The van der Waals surface area contributed by atoms with Crippen LogP contribution in [0.15, 0.2) is 36.5 Å². The van der Waals surface area contributed by atoms with Crippen molar-refractivity contribution >= 4 is 0 Å². The van der Waals surface area contributed by atoms with Gasteiger partial charge in [-0.1, -0.05) is 12.1 Å². The number of benzene rings is 1. The van der Waals surface area contributed by atoms with E-state index >= 15 is 0 Å². The predicted molar refractivity (Wildman–Crippen MR) is 88.0 cm³/mol. The van der Waals surface area contributed by atoms with Crippen LogP contribution in [0.5, 0.6) is 17.4 Å². The highest BCUT2D eigenvalue weighted by Crippen LogP contribution is 2.32. The van der Waals surface area contributed by atoms with E-state index in [-0.39, 0.29) is 0 Å². The summed E-state index contributed by atoms with van der Waals surface area (Å²) >= 11 is 0. The Bertz CT molecular complexity index is 660. The lowest BCUT2D eigenvalue weighted by atomic mass is 10.1. The highest BCUT2D eigenvalue weighted by atomic mass is 16.7. The van der Waals surface area contributed by atoms with E-state index in [1.807, 2.05) is 18.2 Å². The molecular formula is C18H22N2O3. The van der Waals surface area contributed by atoms with Crippen LogP contribution in [0.2, 0.25) is 0 Å². The number of rotatable bonds is 7. The van der Waals surface area contributed by atoms with E-state index in [2.05, 4.69) is 29.4 Å². The first-order valence-corrected chi connectivity index (χ1v) is 7.86. The summed E-state index contributed by atoms with van der Waals surface area (Å²) in [7, 11) is 1.65. The van der Waals surface area contributed by atoms with Crippen molar-refractivity contribution in [1.29, 1.82) is 0 Å². The number of hydrogen-bond acceptors (Lipinski definition) is 5. The van der Waals surface area contributed by atoms with Crippen molar-refractivity contribution < 1.29 is 14.2 Å². The minimum absolute atomic E-state index is 0.323. The van der Waals surface area contributed by atoms with Gasteiger partial charge < -0.3 is 19.5 Å². The molecule has 1 aromatic carbocycles. The molecule has 122 valence electrons. The molecule has 23 heavy (non-hydrogen) atoms. The van der Waals surface area contributed by atoms with Crippen LogP contribution in [0.4, 0.5) is 0 Å². The molecule has 0 saturated carbocycles. The summed E-state index contributed by atoms with van der Waals surface area (Å²) in [5.41, 5.74) is 2.34. The number of fused-ring (bicyclic) bond motifs is 1. The smallest absolute Gasteiger partial charge is 0.231 e. The molecule has 3 rings (SSSR count). The quantitative estimate of drug-likeness (QED) is 0.851. The molecule has 0 bridgehead atoms. The van der Waals surface area contributed by atoms with E-state index in [4.69, 9.17) is 14.2 Å². The molecule has 0 amide bonds. The largest absolute Gasteiger partial charge is 0.481 e. The molecule has 1 aliphatic heterocycles. The lowest BCUT2D eigenvalue weighted by Gasteiger charge is -2.15. The van der Waals surface area contributed by atoms with Crippen LogP contribution < -0.4 is 19.5 Å². The number of methoxy groups -OCH3 is 1. The summed E-state index contributed by atoms with van der Waals surface area (Å²) < 4.78 is 16.0. The fourth-order valence-electron chi connectivity index (χ4n) is 2.61. The first-order valence-electron chi connectivity index (χ1n) is 7.86. The summed E-state index contributed by atoms with van der Waals surface area (Å²) in [5, 5.41) is 3.52. The summed E-state index contributed by atoms with van der Waals surface area (Å²) in [6.45, 7) is 3.26. The molecule has 0 saturated heterocycles. The Labute approximate surface area is 136 Å². The second-order valence-corrected chi connectivity index (χ2v) is 5.68. The molecule has 0 spiro atoms. The molecule has 0 fully saturated rings. The van der Waals surface area contributed by atoms with Crippen molar-refractivity contribution in [3.8, 4) is 17.4 Å². The third kappa shape index (κ3) is 3.93. The minimum Gasteiger partial charge on any atom is -0.481 e. The van der Waals surface area contributed by atoms with Crippen molar-refractivity contribution in [1.82, 2.24) is 10.3 Å². The van der Waals surface area contributed by atoms with Gasteiger partial charge in [-0.05, 0) is 43.5 Å². The van der Waals surface area contributed by atoms with Crippen molar-refractivity contribution in [2.75, 3.05) is 13.9 Å². The molecule has 2 aromatic rings. The molecule has 1 unspecified atom stereocenters. The van der Waals surface area contributed by atoms with Gasteiger partial charge in [0.05, 0.1) is 7.11 Å². The van der Waals surface area contributed by atoms with E-state index < -0.39 is 0 Å². The molecule has 2 heterocycles. The number of aromatic nitrogens is 1. The van der Waals surface area contributed by atoms with Gasteiger partial charge in [0.25, 0.3) is 0 Å². The molecule has 1 atom stereocenters. The van der Waals surface area contributed by atoms with Crippen molar-refractivity contribution in [2.24, 2.45) is 0 Å². The van der Waals surface area contributed by atoms with Gasteiger partial charge in [0.2, 0.25) is 12.7 Å². The van der Waals surface area contributed by atoms with Crippen LogP contribution in [0.3, 0.4) is 0 Å². The topological polar surface area (TPSA) is 52.6 Å².